The third kappa shape index (κ3) is 3.15. The Balaban J connectivity index is 2.30. The molecule has 1 heterocycles. The van der Waals surface area contributed by atoms with Crippen LogP contribution in [0, 0.1) is 0 Å². The van der Waals surface area contributed by atoms with Crippen LogP contribution < -0.4 is 4.74 Å². The first-order valence-corrected chi connectivity index (χ1v) is 5.76. The molecular formula is C12H12F3NO3. The van der Waals surface area contributed by atoms with Crippen molar-refractivity contribution in [2.75, 3.05) is 0 Å². The molecule has 1 aromatic rings. The van der Waals surface area contributed by atoms with Crippen LogP contribution in [0.4, 0.5) is 13.2 Å². The summed E-state index contributed by atoms with van der Waals surface area (Å²) in [5.74, 6) is -1.41. The Hall–Kier alpha value is -1.79. The lowest BCUT2D eigenvalue weighted by Gasteiger charge is -2.19. The van der Waals surface area contributed by atoms with Crippen LogP contribution in [0.25, 0.3) is 0 Å². The van der Waals surface area contributed by atoms with Gasteiger partial charge in [0.1, 0.15) is 0 Å². The summed E-state index contributed by atoms with van der Waals surface area (Å²) in [6.07, 6.45) is -4.83. The van der Waals surface area contributed by atoms with E-state index in [0.29, 0.717) is 5.56 Å². The first-order chi connectivity index (χ1) is 8.79. The molecule has 0 spiro atoms. The molecule has 0 aromatic carbocycles. The van der Waals surface area contributed by atoms with Crippen molar-refractivity contribution >= 4 is 5.97 Å². The highest BCUT2D eigenvalue weighted by Gasteiger charge is 2.39. The van der Waals surface area contributed by atoms with Crippen molar-refractivity contribution in [1.29, 1.82) is 0 Å². The Bertz CT molecular complexity index is 497. The number of pyridine rings is 1. The molecule has 1 atom stereocenters. The van der Waals surface area contributed by atoms with Gasteiger partial charge in [0.2, 0.25) is 5.88 Å². The Kier molecular flexibility index (Phi) is 3.38. The number of carbonyl (C=O) groups is 1. The molecule has 4 nitrogen and oxygen atoms in total. The third-order valence-electron chi connectivity index (χ3n) is 2.88. The number of ether oxygens (including phenoxy) is 1. The summed E-state index contributed by atoms with van der Waals surface area (Å²) in [5, 5.41) is 8.81. The standard InChI is InChI=1S/C12H12F3NO3/c1-6(12(13,14)15)19-10-8(7-2-3-7)4-5-9(16-10)11(17)18/h4-7H,2-3H2,1H3,(H,17,18)/t6-/m0/s1. The minimum absolute atomic E-state index is 0.116. The molecular weight excluding hydrogens is 263 g/mol. The number of alkyl halides is 3. The average molecular weight is 275 g/mol. The van der Waals surface area contributed by atoms with Crippen LogP contribution in [-0.2, 0) is 0 Å². The molecule has 104 valence electrons. The van der Waals surface area contributed by atoms with E-state index in [2.05, 4.69) is 4.98 Å². The fourth-order valence-corrected chi connectivity index (χ4v) is 1.60. The van der Waals surface area contributed by atoms with Crippen molar-refractivity contribution in [3.63, 3.8) is 0 Å². The maximum atomic E-state index is 12.5. The summed E-state index contributed by atoms with van der Waals surface area (Å²) in [6, 6.07) is 2.76. The van der Waals surface area contributed by atoms with E-state index in [0.717, 1.165) is 19.8 Å². The number of hydrogen-bond acceptors (Lipinski definition) is 3. The van der Waals surface area contributed by atoms with Crippen molar-refractivity contribution < 1.29 is 27.8 Å². The fourth-order valence-electron chi connectivity index (χ4n) is 1.60. The minimum Gasteiger partial charge on any atom is -0.477 e. The molecule has 1 saturated carbocycles. The van der Waals surface area contributed by atoms with Gasteiger partial charge < -0.3 is 9.84 Å². The molecule has 1 aromatic heterocycles. The zero-order valence-electron chi connectivity index (χ0n) is 10.1. The predicted molar refractivity (Wildman–Crippen MR) is 59.3 cm³/mol. The predicted octanol–water partition coefficient (Wildman–Crippen LogP) is 2.99. The average Bonchev–Trinajstić information content (AvgIpc) is 3.11. The van der Waals surface area contributed by atoms with Crippen molar-refractivity contribution in [1.82, 2.24) is 4.98 Å². The van der Waals surface area contributed by atoms with Crippen molar-refractivity contribution in [2.45, 2.75) is 38.0 Å². The monoisotopic (exact) mass is 275 g/mol. The van der Waals surface area contributed by atoms with Crippen LogP contribution in [-0.4, -0.2) is 28.3 Å². The second-order valence-corrected chi connectivity index (χ2v) is 4.47. The fraction of sp³-hybridized carbons (Fsp3) is 0.500. The molecule has 1 aliphatic rings. The summed E-state index contributed by atoms with van der Waals surface area (Å²) in [6.45, 7) is 0.867. The molecule has 2 rings (SSSR count). The lowest BCUT2D eigenvalue weighted by molar-refractivity contribution is -0.190. The number of halogens is 3. The van der Waals surface area contributed by atoms with Crippen LogP contribution in [0.15, 0.2) is 12.1 Å². The largest absolute Gasteiger partial charge is 0.477 e. The van der Waals surface area contributed by atoms with E-state index in [1.165, 1.54) is 12.1 Å². The van der Waals surface area contributed by atoms with Gasteiger partial charge in [0.25, 0.3) is 0 Å². The van der Waals surface area contributed by atoms with Crippen LogP contribution >= 0.6 is 0 Å². The van der Waals surface area contributed by atoms with Crippen molar-refractivity contribution in [3.05, 3.63) is 23.4 Å². The second kappa shape index (κ2) is 4.71. The Labute approximate surface area is 107 Å². The zero-order chi connectivity index (χ0) is 14.2. The van der Waals surface area contributed by atoms with E-state index >= 15 is 0 Å². The molecule has 0 radical (unpaired) electrons. The normalized spacial score (nSPS) is 17.1. The van der Waals surface area contributed by atoms with Crippen molar-refractivity contribution in [2.24, 2.45) is 0 Å². The number of carboxylic acid groups (broad SMARTS) is 1. The number of rotatable bonds is 4. The van der Waals surface area contributed by atoms with Crippen LogP contribution in [0.3, 0.4) is 0 Å². The second-order valence-electron chi connectivity index (χ2n) is 4.47. The quantitative estimate of drug-likeness (QED) is 0.917. The molecule has 0 amide bonds. The summed E-state index contributed by atoms with van der Waals surface area (Å²) in [5.41, 5.74) is 0.217. The van der Waals surface area contributed by atoms with E-state index in [-0.39, 0.29) is 17.5 Å². The molecule has 7 heteroatoms. The summed E-state index contributed by atoms with van der Waals surface area (Å²) >= 11 is 0. The lowest BCUT2D eigenvalue weighted by Crippen LogP contribution is -2.32. The van der Waals surface area contributed by atoms with E-state index in [4.69, 9.17) is 9.84 Å². The number of aromatic nitrogens is 1. The first kappa shape index (κ1) is 13.6. The van der Waals surface area contributed by atoms with Crippen LogP contribution in [0.5, 0.6) is 5.88 Å². The van der Waals surface area contributed by atoms with E-state index in [9.17, 15) is 18.0 Å². The molecule has 0 bridgehead atoms. The highest BCUT2D eigenvalue weighted by molar-refractivity contribution is 5.85. The van der Waals surface area contributed by atoms with Gasteiger partial charge in [-0.3, -0.25) is 0 Å². The third-order valence-corrected chi connectivity index (χ3v) is 2.88. The van der Waals surface area contributed by atoms with E-state index in [1.807, 2.05) is 0 Å². The van der Waals surface area contributed by atoms with Gasteiger partial charge in [0.15, 0.2) is 11.8 Å². The Morgan fingerprint density at radius 2 is 2.11 bits per heavy atom. The number of hydrogen-bond donors (Lipinski definition) is 1. The van der Waals surface area contributed by atoms with Gasteiger partial charge in [-0.2, -0.15) is 13.2 Å². The molecule has 1 aliphatic carbocycles. The maximum absolute atomic E-state index is 12.5. The van der Waals surface area contributed by atoms with Gasteiger partial charge in [-0.1, -0.05) is 6.07 Å². The number of nitrogens with zero attached hydrogens (tertiary/aromatic N) is 1. The summed E-state index contributed by atoms with van der Waals surface area (Å²) < 4.78 is 42.2. The van der Waals surface area contributed by atoms with Gasteiger partial charge in [0.05, 0.1) is 0 Å². The summed E-state index contributed by atoms with van der Waals surface area (Å²) in [7, 11) is 0. The Morgan fingerprint density at radius 1 is 1.47 bits per heavy atom. The Morgan fingerprint density at radius 3 is 2.58 bits per heavy atom. The van der Waals surface area contributed by atoms with Crippen molar-refractivity contribution in [3.8, 4) is 5.88 Å². The van der Waals surface area contributed by atoms with Gasteiger partial charge in [-0.25, -0.2) is 9.78 Å². The van der Waals surface area contributed by atoms with Crippen LogP contribution in [0.1, 0.15) is 41.7 Å². The first-order valence-electron chi connectivity index (χ1n) is 5.76. The smallest absolute Gasteiger partial charge is 0.425 e. The number of aromatic carboxylic acids is 1. The van der Waals surface area contributed by atoms with Gasteiger partial charge in [-0.05, 0) is 31.7 Å². The van der Waals surface area contributed by atoms with Gasteiger partial charge in [0, 0.05) is 5.56 Å². The molecule has 0 saturated heterocycles. The molecule has 1 fully saturated rings. The van der Waals surface area contributed by atoms with Crippen LogP contribution in [0.2, 0.25) is 0 Å². The lowest BCUT2D eigenvalue weighted by atomic mass is 10.1. The highest BCUT2D eigenvalue weighted by atomic mass is 19.4. The van der Waals surface area contributed by atoms with E-state index in [1.54, 1.807) is 0 Å². The highest BCUT2D eigenvalue weighted by Crippen LogP contribution is 2.44. The topological polar surface area (TPSA) is 59.4 Å². The molecule has 0 aliphatic heterocycles. The number of carboxylic acids is 1. The molecule has 1 N–H and O–H groups in total. The molecule has 0 unspecified atom stereocenters. The van der Waals surface area contributed by atoms with E-state index < -0.39 is 18.2 Å². The van der Waals surface area contributed by atoms with Gasteiger partial charge >= 0.3 is 12.1 Å². The summed E-state index contributed by atoms with van der Waals surface area (Å²) in [4.78, 5) is 14.5. The SMILES string of the molecule is C[C@H](Oc1nc(C(=O)O)ccc1C1CC1)C(F)(F)F. The maximum Gasteiger partial charge on any atom is 0.425 e. The minimum atomic E-state index is -4.51. The van der Waals surface area contributed by atoms with Gasteiger partial charge in [-0.15, -0.1) is 0 Å². The zero-order valence-corrected chi connectivity index (χ0v) is 10.1. The molecule has 19 heavy (non-hydrogen) atoms.